The van der Waals surface area contributed by atoms with E-state index in [0.717, 1.165) is 5.56 Å². The van der Waals surface area contributed by atoms with E-state index in [2.05, 4.69) is 21.8 Å². The normalized spacial score (nSPS) is 26.2. The van der Waals surface area contributed by atoms with Crippen LogP contribution >= 0.6 is 0 Å². The number of carboxylic acid groups (broad SMARTS) is 1. The lowest BCUT2D eigenvalue weighted by Gasteiger charge is -2.35. The zero-order chi connectivity index (χ0) is 17.0. The third-order valence-electron chi connectivity index (χ3n) is 4.39. The summed E-state index contributed by atoms with van der Waals surface area (Å²) in [5.74, 6) is 3.71. The van der Waals surface area contributed by atoms with Gasteiger partial charge in [0.15, 0.2) is 5.67 Å². The van der Waals surface area contributed by atoms with E-state index in [4.69, 9.17) is 0 Å². The van der Waals surface area contributed by atoms with Crippen LogP contribution in [0.4, 0.5) is 4.39 Å². The van der Waals surface area contributed by atoms with Crippen molar-refractivity contribution in [3.05, 3.63) is 60.2 Å². The number of alkyl halides is 1. The second kappa shape index (κ2) is 6.79. The van der Waals surface area contributed by atoms with Gasteiger partial charge in [0.05, 0.1) is 5.92 Å². The van der Waals surface area contributed by atoms with Gasteiger partial charge in [-0.05, 0) is 30.4 Å². The molecule has 3 atom stereocenters. The molecule has 1 heterocycles. The predicted octanol–water partition coefficient (Wildman–Crippen LogP) is 3.20. The molecule has 0 aliphatic heterocycles. The van der Waals surface area contributed by atoms with E-state index in [-0.39, 0.29) is 25.1 Å². The molecule has 0 radical (unpaired) electrons. The van der Waals surface area contributed by atoms with Crippen LogP contribution in [0.25, 0.3) is 0 Å². The van der Waals surface area contributed by atoms with Crippen molar-refractivity contribution in [3.63, 3.8) is 0 Å². The second-order valence-corrected chi connectivity index (χ2v) is 5.99. The molecule has 1 fully saturated rings. The van der Waals surface area contributed by atoms with Crippen LogP contribution in [0.5, 0.6) is 0 Å². The maximum atomic E-state index is 15.2. The van der Waals surface area contributed by atoms with Gasteiger partial charge in [0.1, 0.15) is 0 Å². The Morgan fingerprint density at radius 3 is 2.58 bits per heavy atom. The van der Waals surface area contributed by atoms with Crippen LogP contribution in [-0.2, 0) is 4.79 Å². The highest BCUT2D eigenvalue weighted by Gasteiger charge is 2.43. The lowest BCUT2D eigenvalue weighted by Crippen LogP contribution is -2.37. The third kappa shape index (κ3) is 3.60. The fourth-order valence-electron chi connectivity index (χ4n) is 3.17. The summed E-state index contributed by atoms with van der Waals surface area (Å²) in [4.78, 5) is 19.5. The molecule has 0 amide bonds. The van der Waals surface area contributed by atoms with E-state index in [1.165, 1.54) is 0 Å². The Bertz CT molecular complexity index is 770. The van der Waals surface area contributed by atoms with Gasteiger partial charge in [0.2, 0.25) is 5.82 Å². The molecule has 1 aromatic carbocycles. The van der Waals surface area contributed by atoms with E-state index >= 15 is 4.39 Å². The summed E-state index contributed by atoms with van der Waals surface area (Å²) in [6, 6.07) is 10.9. The van der Waals surface area contributed by atoms with Crippen LogP contribution in [0.2, 0.25) is 0 Å². The molecule has 1 N–H and O–H groups in total. The minimum atomic E-state index is -1.73. The number of carboxylic acids is 1. The van der Waals surface area contributed by atoms with Crippen LogP contribution in [0.1, 0.15) is 36.6 Å². The van der Waals surface area contributed by atoms with Crippen molar-refractivity contribution in [1.29, 1.82) is 0 Å². The van der Waals surface area contributed by atoms with E-state index in [9.17, 15) is 9.90 Å². The Morgan fingerprint density at radius 1 is 1.21 bits per heavy atom. The summed E-state index contributed by atoms with van der Waals surface area (Å²) in [5.41, 5.74) is -0.893. The molecule has 0 saturated heterocycles. The van der Waals surface area contributed by atoms with Crippen molar-refractivity contribution in [3.8, 4) is 11.8 Å². The van der Waals surface area contributed by atoms with Crippen molar-refractivity contribution in [2.24, 2.45) is 5.92 Å². The van der Waals surface area contributed by atoms with Gasteiger partial charge in [-0.15, -0.1) is 0 Å². The van der Waals surface area contributed by atoms with Crippen molar-refractivity contribution < 1.29 is 14.3 Å². The number of aromatic nitrogens is 2. The first-order chi connectivity index (χ1) is 11.6. The summed E-state index contributed by atoms with van der Waals surface area (Å²) in [7, 11) is 0. The zero-order valence-electron chi connectivity index (χ0n) is 13.0. The van der Waals surface area contributed by atoms with Gasteiger partial charge in [-0.2, -0.15) is 0 Å². The van der Waals surface area contributed by atoms with E-state index in [1.807, 2.05) is 30.3 Å². The molecule has 1 saturated carbocycles. The minimum absolute atomic E-state index is 0.0633. The van der Waals surface area contributed by atoms with Crippen LogP contribution in [0, 0.1) is 17.8 Å². The molecule has 1 aliphatic rings. The molecule has 0 bridgehead atoms. The van der Waals surface area contributed by atoms with Crippen LogP contribution in [-0.4, -0.2) is 26.7 Å². The van der Waals surface area contributed by atoms with Gasteiger partial charge in [0, 0.05) is 24.7 Å². The fraction of sp³-hybridized carbons (Fsp3) is 0.316. The minimum Gasteiger partial charge on any atom is -0.481 e. The van der Waals surface area contributed by atoms with Crippen molar-refractivity contribution in [2.45, 2.75) is 30.8 Å². The molecule has 1 aromatic heterocycles. The first-order valence-electron chi connectivity index (χ1n) is 7.84. The average molecular weight is 324 g/mol. The van der Waals surface area contributed by atoms with E-state index in [0.29, 0.717) is 0 Å². The van der Waals surface area contributed by atoms with Crippen molar-refractivity contribution in [1.82, 2.24) is 9.97 Å². The molecule has 122 valence electrons. The summed E-state index contributed by atoms with van der Waals surface area (Å²) < 4.78 is 15.2. The molecule has 2 aromatic rings. The topological polar surface area (TPSA) is 63.1 Å². The summed E-state index contributed by atoms with van der Waals surface area (Å²) in [6.45, 7) is 0. The molecule has 3 rings (SSSR count). The zero-order valence-corrected chi connectivity index (χ0v) is 13.0. The first-order valence-corrected chi connectivity index (χ1v) is 7.84. The molecular formula is C19H17FN2O2. The Balaban J connectivity index is 1.87. The smallest absolute Gasteiger partial charge is 0.307 e. The SMILES string of the molecule is O=C(O)[C@@H]1CCC(F)(C#Cc2ncccn2)CC1c1ccccc1. The average Bonchev–Trinajstić information content (AvgIpc) is 2.61. The van der Waals surface area contributed by atoms with Crippen LogP contribution in [0.15, 0.2) is 48.8 Å². The van der Waals surface area contributed by atoms with Crippen LogP contribution < -0.4 is 0 Å². The first kappa shape index (κ1) is 16.1. The summed E-state index contributed by atoms with van der Waals surface area (Å²) in [5, 5.41) is 9.47. The van der Waals surface area contributed by atoms with Gasteiger partial charge in [-0.25, -0.2) is 14.4 Å². The highest BCUT2D eigenvalue weighted by atomic mass is 19.1. The van der Waals surface area contributed by atoms with Gasteiger partial charge in [-0.3, -0.25) is 4.79 Å². The van der Waals surface area contributed by atoms with Gasteiger partial charge in [-0.1, -0.05) is 36.3 Å². The van der Waals surface area contributed by atoms with Gasteiger partial charge < -0.3 is 5.11 Å². The molecule has 24 heavy (non-hydrogen) atoms. The highest BCUT2D eigenvalue weighted by molar-refractivity contribution is 5.71. The largest absolute Gasteiger partial charge is 0.481 e. The third-order valence-corrected chi connectivity index (χ3v) is 4.39. The lowest BCUT2D eigenvalue weighted by atomic mass is 9.70. The summed E-state index contributed by atoms with van der Waals surface area (Å²) >= 11 is 0. The summed E-state index contributed by atoms with van der Waals surface area (Å²) in [6.07, 6.45) is 3.53. The van der Waals surface area contributed by atoms with Crippen molar-refractivity contribution >= 4 is 5.97 Å². The molecular weight excluding hydrogens is 307 g/mol. The Morgan fingerprint density at radius 2 is 1.92 bits per heavy atom. The van der Waals surface area contributed by atoms with Crippen LogP contribution in [0.3, 0.4) is 0 Å². The number of carbonyl (C=O) groups is 1. The molecule has 4 nitrogen and oxygen atoms in total. The number of hydrogen-bond acceptors (Lipinski definition) is 3. The maximum Gasteiger partial charge on any atom is 0.307 e. The fourth-order valence-corrected chi connectivity index (χ4v) is 3.17. The van der Waals surface area contributed by atoms with Gasteiger partial charge in [0.25, 0.3) is 0 Å². The maximum absolute atomic E-state index is 15.2. The number of halogens is 1. The number of rotatable bonds is 2. The monoisotopic (exact) mass is 324 g/mol. The molecule has 1 aliphatic carbocycles. The standard InChI is InChI=1S/C19H17FN2O2/c20-19(10-8-17-21-11-4-12-22-17)9-7-15(18(23)24)16(13-19)14-5-2-1-3-6-14/h1-6,11-12,15-16H,7,9,13H2,(H,23,24)/t15-,16?,19?/m1/s1. The highest BCUT2D eigenvalue weighted by Crippen LogP contribution is 2.44. The number of hydrogen-bond donors (Lipinski definition) is 1. The lowest BCUT2D eigenvalue weighted by molar-refractivity contribution is -0.144. The number of benzene rings is 1. The quantitative estimate of drug-likeness (QED) is 0.862. The van der Waals surface area contributed by atoms with E-state index < -0.39 is 23.5 Å². The predicted molar refractivity (Wildman–Crippen MR) is 86.9 cm³/mol. The van der Waals surface area contributed by atoms with Crippen molar-refractivity contribution in [2.75, 3.05) is 0 Å². The van der Waals surface area contributed by atoms with Gasteiger partial charge >= 0.3 is 5.97 Å². The Kier molecular flexibility index (Phi) is 4.57. The number of aliphatic carboxylic acids is 1. The Labute approximate surface area is 139 Å². The molecule has 0 spiro atoms. The molecule has 5 heteroatoms. The molecule has 2 unspecified atom stereocenters. The Hall–Kier alpha value is -2.74. The number of nitrogens with zero attached hydrogens (tertiary/aromatic N) is 2. The second-order valence-electron chi connectivity index (χ2n) is 5.99. The van der Waals surface area contributed by atoms with E-state index in [1.54, 1.807) is 18.5 Å².